The van der Waals surface area contributed by atoms with Crippen LogP contribution in [0.4, 0.5) is 0 Å². The lowest BCUT2D eigenvalue weighted by atomic mass is 9.78. The summed E-state index contributed by atoms with van der Waals surface area (Å²) in [5.41, 5.74) is -3.37. The van der Waals surface area contributed by atoms with Crippen LogP contribution in [0, 0.1) is 5.41 Å². The fourth-order valence-corrected chi connectivity index (χ4v) is 3.50. The number of nitrogens with zero attached hydrogens (tertiary/aromatic N) is 1. The molecule has 2 heterocycles. The predicted octanol–water partition coefficient (Wildman–Crippen LogP) is 0.672. The van der Waals surface area contributed by atoms with Crippen molar-refractivity contribution < 1.29 is 24.2 Å². The van der Waals surface area contributed by atoms with E-state index in [1.807, 2.05) is 20.8 Å². The van der Waals surface area contributed by atoms with Crippen LogP contribution in [0.25, 0.3) is 0 Å². The van der Waals surface area contributed by atoms with Crippen molar-refractivity contribution >= 4 is 11.9 Å². The molecule has 6 heteroatoms. The Kier molecular flexibility index (Phi) is 3.19. The number of ether oxygens (including phenoxy) is 2. The van der Waals surface area contributed by atoms with Crippen LogP contribution in [-0.2, 0) is 19.1 Å². The van der Waals surface area contributed by atoms with E-state index in [4.69, 9.17) is 9.47 Å². The quantitative estimate of drug-likeness (QED) is 0.717. The largest absolute Gasteiger partial charge is 0.467 e. The van der Waals surface area contributed by atoms with Crippen molar-refractivity contribution in [2.24, 2.45) is 5.41 Å². The third-order valence-corrected chi connectivity index (χ3v) is 4.36. The van der Waals surface area contributed by atoms with E-state index in [1.54, 1.807) is 6.92 Å². The minimum absolute atomic E-state index is 0.109. The van der Waals surface area contributed by atoms with Crippen LogP contribution in [0.5, 0.6) is 0 Å². The lowest BCUT2D eigenvalue weighted by molar-refractivity contribution is -0.168. The fourth-order valence-electron chi connectivity index (χ4n) is 3.50. The first-order valence-corrected chi connectivity index (χ1v) is 6.78. The minimum Gasteiger partial charge on any atom is -0.467 e. The maximum Gasteiger partial charge on any atom is 0.337 e. The van der Waals surface area contributed by atoms with Gasteiger partial charge in [0.15, 0.2) is 5.54 Å². The van der Waals surface area contributed by atoms with E-state index in [-0.39, 0.29) is 17.7 Å². The summed E-state index contributed by atoms with van der Waals surface area (Å²) in [4.78, 5) is 26.2. The third kappa shape index (κ3) is 1.64. The number of hydrogen-bond donors (Lipinski definition) is 1. The van der Waals surface area contributed by atoms with E-state index < -0.39 is 29.4 Å². The van der Waals surface area contributed by atoms with Gasteiger partial charge >= 0.3 is 5.97 Å². The fraction of sp³-hybridized carbons (Fsp3) is 0.857. The smallest absolute Gasteiger partial charge is 0.337 e. The number of aliphatic hydroxyl groups is 1. The monoisotopic (exact) mass is 285 g/mol. The summed E-state index contributed by atoms with van der Waals surface area (Å²) in [6, 6.07) is 0. The second kappa shape index (κ2) is 4.18. The molecule has 0 aromatic carbocycles. The van der Waals surface area contributed by atoms with Crippen LogP contribution in [-0.4, -0.2) is 52.5 Å². The molecule has 2 aliphatic rings. The number of amides is 1. The number of carbonyl (C=O) groups excluding carboxylic acids is 2. The van der Waals surface area contributed by atoms with Crippen LogP contribution in [0.3, 0.4) is 0 Å². The second-order valence-electron chi connectivity index (χ2n) is 6.97. The highest BCUT2D eigenvalue weighted by atomic mass is 16.6. The molecule has 0 aromatic heterocycles. The Balaban J connectivity index is 2.63. The molecule has 0 spiro atoms. The molecular formula is C14H23NO5. The van der Waals surface area contributed by atoms with Crippen molar-refractivity contribution in [2.45, 2.75) is 64.5 Å². The molecule has 2 saturated heterocycles. The third-order valence-electron chi connectivity index (χ3n) is 4.36. The van der Waals surface area contributed by atoms with Crippen molar-refractivity contribution in [3.63, 3.8) is 0 Å². The zero-order valence-electron chi connectivity index (χ0n) is 12.9. The van der Waals surface area contributed by atoms with Gasteiger partial charge in [-0.2, -0.15) is 0 Å². The number of carbonyl (C=O) groups is 2. The van der Waals surface area contributed by atoms with E-state index in [9.17, 15) is 14.7 Å². The number of methoxy groups -OCH3 is 1. The summed E-state index contributed by atoms with van der Waals surface area (Å²) in [6.45, 7) is 8.98. The van der Waals surface area contributed by atoms with Crippen molar-refractivity contribution in [3.8, 4) is 0 Å². The Labute approximate surface area is 119 Å². The molecule has 0 bridgehead atoms. The minimum atomic E-state index is -1.52. The van der Waals surface area contributed by atoms with Crippen LogP contribution in [0.2, 0.25) is 0 Å². The van der Waals surface area contributed by atoms with E-state index in [2.05, 4.69) is 0 Å². The van der Waals surface area contributed by atoms with Crippen LogP contribution in [0.15, 0.2) is 0 Å². The van der Waals surface area contributed by atoms with E-state index in [1.165, 1.54) is 18.9 Å². The summed E-state index contributed by atoms with van der Waals surface area (Å²) >= 11 is 0. The topological polar surface area (TPSA) is 76.1 Å². The van der Waals surface area contributed by atoms with Gasteiger partial charge in [-0.15, -0.1) is 0 Å². The van der Waals surface area contributed by atoms with Gasteiger partial charge in [-0.25, -0.2) is 4.79 Å². The van der Waals surface area contributed by atoms with Gasteiger partial charge in [0.1, 0.15) is 11.8 Å². The van der Waals surface area contributed by atoms with Gasteiger partial charge < -0.3 is 14.6 Å². The summed E-state index contributed by atoms with van der Waals surface area (Å²) < 4.78 is 10.8. The summed E-state index contributed by atoms with van der Waals surface area (Å²) in [5.74, 6) is -0.919. The van der Waals surface area contributed by atoms with Crippen LogP contribution >= 0.6 is 0 Å². The molecule has 114 valence electrons. The molecule has 0 unspecified atom stereocenters. The zero-order valence-corrected chi connectivity index (χ0v) is 12.9. The highest BCUT2D eigenvalue weighted by molar-refractivity contribution is 5.96. The Morgan fingerprint density at radius 3 is 2.50 bits per heavy atom. The number of hydrogen-bond acceptors (Lipinski definition) is 5. The summed E-state index contributed by atoms with van der Waals surface area (Å²) in [7, 11) is 1.26. The molecule has 0 aromatic rings. The molecule has 2 aliphatic heterocycles. The van der Waals surface area contributed by atoms with E-state index in [0.29, 0.717) is 0 Å². The molecule has 0 radical (unpaired) electrons. The normalized spacial score (nSPS) is 41.0. The summed E-state index contributed by atoms with van der Waals surface area (Å²) in [5, 5.41) is 10.7. The molecule has 0 saturated carbocycles. The van der Waals surface area contributed by atoms with Crippen molar-refractivity contribution in [2.75, 3.05) is 7.11 Å². The Hall–Kier alpha value is -1.14. The van der Waals surface area contributed by atoms with Gasteiger partial charge in [0.25, 0.3) is 0 Å². The number of fused-ring (bicyclic) bond motifs is 1. The maximum absolute atomic E-state index is 12.4. The molecule has 2 fully saturated rings. The predicted molar refractivity (Wildman–Crippen MR) is 70.6 cm³/mol. The summed E-state index contributed by atoms with van der Waals surface area (Å²) in [6.07, 6.45) is -1.32. The molecule has 4 atom stereocenters. The molecule has 1 N–H and O–H groups in total. The van der Waals surface area contributed by atoms with Gasteiger partial charge in [-0.1, -0.05) is 20.8 Å². The Morgan fingerprint density at radius 2 is 2.05 bits per heavy atom. The highest BCUT2D eigenvalue weighted by Crippen LogP contribution is 2.52. The highest BCUT2D eigenvalue weighted by Gasteiger charge is 2.74. The van der Waals surface area contributed by atoms with Crippen molar-refractivity contribution in [1.29, 1.82) is 0 Å². The lowest BCUT2D eigenvalue weighted by Crippen LogP contribution is -2.66. The molecule has 0 aliphatic carbocycles. The van der Waals surface area contributed by atoms with Gasteiger partial charge in [-0.3, -0.25) is 9.69 Å². The maximum atomic E-state index is 12.4. The standard InChI is InChI=1S/C14H23NO5/c1-8-14(11(17)19-6)13(5,18)7-9(16)15(14)10(20-8)12(2,3)4/h8,10,18H,7H2,1-6H3/t8-,10-,13+,14+/m1/s1. The lowest BCUT2D eigenvalue weighted by Gasteiger charge is -2.41. The molecule has 20 heavy (non-hydrogen) atoms. The molecule has 6 nitrogen and oxygen atoms in total. The van der Waals surface area contributed by atoms with Gasteiger partial charge in [-0.05, 0) is 13.8 Å². The first kappa shape index (κ1) is 15.3. The average molecular weight is 285 g/mol. The van der Waals surface area contributed by atoms with Crippen LogP contribution < -0.4 is 0 Å². The number of esters is 1. The zero-order chi connectivity index (χ0) is 15.5. The van der Waals surface area contributed by atoms with E-state index >= 15 is 0 Å². The van der Waals surface area contributed by atoms with Crippen LogP contribution in [0.1, 0.15) is 41.0 Å². The SMILES string of the molecule is COC(=O)[C@]12[C@@H](C)O[C@H](C(C)(C)C)N1C(=O)C[C@]2(C)O. The second-order valence-corrected chi connectivity index (χ2v) is 6.97. The average Bonchev–Trinajstić information content (AvgIpc) is 2.71. The van der Waals surface area contributed by atoms with Gasteiger partial charge in [0.05, 0.1) is 19.6 Å². The van der Waals surface area contributed by atoms with Crippen molar-refractivity contribution in [3.05, 3.63) is 0 Å². The first-order valence-electron chi connectivity index (χ1n) is 6.78. The Bertz CT molecular complexity index is 453. The Morgan fingerprint density at radius 1 is 1.50 bits per heavy atom. The number of rotatable bonds is 1. The molecule has 1 amide bonds. The van der Waals surface area contributed by atoms with Crippen molar-refractivity contribution in [1.82, 2.24) is 4.90 Å². The molecular weight excluding hydrogens is 262 g/mol. The molecule has 2 rings (SSSR count). The van der Waals surface area contributed by atoms with Gasteiger partial charge in [0, 0.05) is 5.41 Å². The van der Waals surface area contributed by atoms with E-state index in [0.717, 1.165) is 0 Å². The first-order chi connectivity index (χ1) is 9.00. The van der Waals surface area contributed by atoms with Gasteiger partial charge in [0.2, 0.25) is 5.91 Å².